The fraction of sp³-hybridized carbons (Fsp3) is 0.150. The summed E-state index contributed by atoms with van der Waals surface area (Å²) >= 11 is 0. The van der Waals surface area contributed by atoms with Crippen molar-refractivity contribution in [1.29, 1.82) is 0 Å². The summed E-state index contributed by atoms with van der Waals surface area (Å²) in [5, 5.41) is 14.7. The first-order valence-electron chi connectivity index (χ1n) is 8.50. The van der Waals surface area contributed by atoms with Gasteiger partial charge in [0.25, 0.3) is 0 Å². The van der Waals surface area contributed by atoms with Crippen LogP contribution in [0.2, 0.25) is 0 Å². The number of aromatic amines is 1. The van der Waals surface area contributed by atoms with Crippen molar-refractivity contribution in [3.63, 3.8) is 0 Å². The second-order valence-corrected chi connectivity index (χ2v) is 6.22. The van der Waals surface area contributed by atoms with Gasteiger partial charge in [-0.05, 0) is 30.2 Å². The first-order valence-corrected chi connectivity index (χ1v) is 8.50. The molecule has 0 aliphatic carbocycles. The van der Waals surface area contributed by atoms with Crippen LogP contribution in [0.15, 0.2) is 54.9 Å². The number of anilines is 2. The van der Waals surface area contributed by atoms with E-state index in [1.165, 1.54) is 11.1 Å². The Morgan fingerprint density at radius 3 is 2.46 bits per heavy atom. The molecule has 2 heterocycles. The Labute approximate surface area is 151 Å². The van der Waals surface area contributed by atoms with E-state index in [1.807, 2.05) is 25.5 Å². The van der Waals surface area contributed by atoms with Crippen LogP contribution in [-0.4, -0.2) is 27.2 Å². The molecule has 26 heavy (non-hydrogen) atoms. The molecule has 2 aromatic carbocycles. The standard InChI is InChI=1S/C20H20N6/c1-13-3-5-14(6-4-13)10-22-20-23-11-16(12-24-20)15-7-8-17-18(9-15)25-26-19(17)21-2/h3-9,11-12H,10H2,1-2H3,(H2,21,25,26)(H,22,23,24). The molecule has 4 rings (SSSR count). The van der Waals surface area contributed by atoms with E-state index in [-0.39, 0.29) is 0 Å². The smallest absolute Gasteiger partial charge is 0.222 e. The minimum absolute atomic E-state index is 0.620. The van der Waals surface area contributed by atoms with Gasteiger partial charge in [0.2, 0.25) is 5.95 Å². The maximum absolute atomic E-state index is 4.43. The maximum Gasteiger partial charge on any atom is 0.222 e. The lowest BCUT2D eigenvalue weighted by atomic mass is 10.1. The van der Waals surface area contributed by atoms with Crippen LogP contribution in [0.4, 0.5) is 11.8 Å². The highest BCUT2D eigenvalue weighted by atomic mass is 15.2. The number of rotatable bonds is 5. The van der Waals surface area contributed by atoms with Gasteiger partial charge in [-0.15, -0.1) is 0 Å². The third kappa shape index (κ3) is 3.21. The summed E-state index contributed by atoms with van der Waals surface area (Å²) in [5.41, 5.74) is 5.45. The number of hydrogen-bond donors (Lipinski definition) is 3. The van der Waals surface area contributed by atoms with E-state index in [1.54, 1.807) is 0 Å². The molecule has 130 valence electrons. The summed E-state index contributed by atoms with van der Waals surface area (Å²) in [5.74, 6) is 1.47. The van der Waals surface area contributed by atoms with E-state index in [9.17, 15) is 0 Å². The van der Waals surface area contributed by atoms with E-state index in [2.05, 4.69) is 74.1 Å². The van der Waals surface area contributed by atoms with Crippen molar-refractivity contribution in [2.75, 3.05) is 17.7 Å². The Morgan fingerprint density at radius 2 is 1.73 bits per heavy atom. The van der Waals surface area contributed by atoms with E-state index >= 15 is 0 Å². The van der Waals surface area contributed by atoms with Crippen molar-refractivity contribution in [2.24, 2.45) is 0 Å². The van der Waals surface area contributed by atoms with Crippen LogP contribution in [-0.2, 0) is 6.54 Å². The van der Waals surface area contributed by atoms with Crippen molar-refractivity contribution in [3.05, 3.63) is 66.0 Å². The highest BCUT2D eigenvalue weighted by molar-refractivity contribution is 5.92. The third-order valence-corrected chi connectivity index (χ3v) is 4.36. The lowest BCUT2D eigenvalue weighted by Gasteiger charge is -2.06. The van der Waals surface area contributed by atoms with Gasteiger partial charge in [0.05, 0.1) is 5.52 Å². The molecular formula is C20H20N6. The molecule has 3 N–H and O–H groups in total. The van der Waals surface area contributed by atoms with Crippen molar-refractivity contribution in [2.45, 2.75) is 13.5 Å². The SMILES string of the molecule is CNc1n[nH]c2cc(-c3cnc(NCc4ccc(C)cc4)nc3)ccc12. The minimum atomic E-state index is 0.620. The van der Waals surface area contributed by atoms with Crippen LogP contribution in [0.3, 0.4) is 0 Å². The average molecular weight is 344 g/mol. The molecule has 0 atom stereocenters. The molecule has 6 nitrogen and oxygen atoms in total. The van der Waals surface area contributed by atoms with Gasteiger partial charge in [0.15, 0.2) is 5.82 Å². The molecule has 0 aliphatic rings. The first kappa shape index (κ1) is 16.1. The zero-order valence-corrected chi connectivity index (χ0v) is 14.7. The number of hydrogen-bond acceptors (Lipinski definition) is 5. The Kier molecular flexibility index (Phi) is 4.23. The van der Waals surface area contributed by atoms with Crippen LogP contribution >= 0.6 is 0 Å². The molecular weight excluding hydrogens is 324 g/mol. The third-order valence-electron chi connectivity index (χ3n) is 4.36. The monoisotopic (exact) mass is 344 g/mol. The van der Waals surface area contributed by atoms with Gasteiger partial charge in [0.1, 0.15) is 0 Å². The van der Waals surface area contributed by atoms with E-state index in [0.717, 1.165) is 27.8 Å². The number of aryl methyl sites for hydroxylation is 1. The van der Waals surface area contributed by atoms with Crippen LogP contribution in [0, 0.1) is 6.92 Å². The molecule has 0 amide bonds. The lowest BCUT2D eigenvalue weighted by molar-refractivity contribution is 1.05. The fourth-order valence-corrected chi connectivity index (χ4v) is 2.85. The summed E-state index contributed by atoms with van der Waals surface area (Å²) in [4.78, 5) is 8.86. The van der Waals surface area contributed by atoms with Crippen LogP contribution in [0.25, 0.3) is 22.0 Å². The molecule has 2 aromatic heterocycles. The predicted molar refractivity (Wildman–Crippen MR) is 105 cm³/mol. The van der Waals surface area contributed by atoms with Gasteiger partial charge in [0, 0.05) is 36.9 Å². The summed E-state index contributed by atoms with van der Waals surface area (Å²) in [6.07, 6.45) is 3.67. The van der Waals surface area contributed by atoms with Crippen molar-refractivity contribution >= 4 is 22.7 Å². The second-order valence-electron chi connectivity index (χ2n) is 6.22. The molecule has 0 radical (unpaired) electrons. The number of aromatic nitrogens is 4. The largest absolute Gasteiger partial charge is 0.371 e. The molecule has 0 aliphatic heterocycles. The average Bonchev–Trinajstić information content (AvgIpc) is 3.10. The van der Waals surface area contributed by atoms with Crippen LogP contribution < -0.4 is 10.6 Å². The molecule has 0 saturated heterocycles. The Bertz CT molecular complexity index is 1020. The van der Waals surface area contributed by atoms with Crippen molar-refractivity contribution in [1.82, 2.24) is 20.2 Å². The Balaban J connectivity index is 1.49. The number of fused-ring (bicyclic) bond motifs is 1. The Hall–Kier alpha value is -3.41. The van der Waals surface area contributed by atoms with Gasteiger partial charge in [-0.25, -0.2) is 9.97 Å². The molecule has 6 heteroatoms. The van der Waals surface area contributed by atoms with Gasteiger partial charge < -0.3 is 10.6 Å². The molecule has 0 saturated carbocycles. The summed E-state index contributed by atoms with van der Waals surface area (Å²) in [6.45, 7) is 2.78. The number of nitrogens with zero attached hydrogens (tertiary/aromatic N) is 3. The summed E-state index contributed by atoms with van der Waals surface area (Å²) in [6, 6.07) is 14.6. The molecule has 0 fully saturated rings. The quantitative estimate of drug-likeness (QED) is 0.510. The zero-order chi connectivity index (χ0) is 17.9. The fourth-order valence-electron chi connectivity index (χ4n) is 2.85. The number of H-pyrrole nitrogens is 1. The summed E-state index contributed by atoms with van der Waals surface area (Å²) in [7, 11) is 1.86. The predicted octanol–water partition coefficient (Wildman–Crippen LogP) is 3.98. The number of nitrogens with one attached hydrogen (secondary N) is 3. The summed E-state index contributed by atoms with van der Waals surface area (Å²) < 4.78 is 0. The first-order chi connectivity index (χ1) is 12.7. The van der Waals surface area contributed by atoms with Crippen molar-refractivity contribution in [3.8, 4) is 11.1 Å². The molecule has 0 unspecified atom stereocenters. The van der Waals surface area contributed by atoms with Crippen LogP contribution in [0.1, 0.15) is 11.1 Å². The Morgan fingerprint density at radius 1 is 0.962 bits per heavy atom. The highest BCUT2D eigenvalue weighted by Crippen LogP contribution is 2.26. The topological polar surface area (TPSA) is 78.5 Å². The minimum Gasteiger partial charge on any atom is -0.371 e. The van der Waals surface area contributed by atoms with E-state index in [0.29, 0.717) is 12.5 Å². The molecule has 0 spiro atoms. The van der Waals surface area contributed by atoms with Crippen LogP contribution in [0.5, 0.6) is 0 Å². The van der Waals surface area contributed by atoms with Crippen molar-refractivity contribution < 1.29 is 0 Å². The van der Waals surface area contributed by atoms with Gasteiger partial charge in [-0.1, -0.05) is 35.9 Å². The van der Waals surface area contributed by atoms with Gasteiger partial charge >= 0.3 is 0 Å². The van der Waals surface area contributed by atoms with E-state index in [4.69, 9.17) is 0 Å². The zero-order valence-electron chi connectivity index (χ0n) is 14.7. The van der Waals surface area contributed by atoms with E-state index < -0.39 is 0 Å². The maximum atomic E-state index is 4.43. The highest BCUT2D eigenvalue weighted by Gasteiger charge is 2.07. The number of benzene rings is 2. The lowest BCUT2D eigenvalue weighted by Crippen LogP contribution is -2.03. The second kappa shape index (κ2) is 6.84. The van der Waals surface area contributed by atoms with Gasteiger partial charge in [-0.3, -0.25) is 5.10 Å². The normalized spacial score (nSPS) is 10.8. The van der Waals surface area contributed by atoms with Gasteiger partial charge in [-0.2, -0.15) is 5.10 Å². The molecule has 4 aromatic rings. The molecule has 0 bridgehead atoms.